The molecular weight excluding hydrogens is 268 g/mol. The molecule has 0 saturated carbocycles. The molecule has 1 unspecified atom stereocenters. The van der Waals surface area contributed by atoms with Gasteiger partial charge < -0.3 is 9.84 Å². The number of ether oxygens (including phenoxy) is 1. The molecule has 1 aromatic heterocycles. The van der Waals surface area contributed by atoms with Crippen molar-refractivity contribution in [2.45, 2.75) is 18.9 Å². The van der Waals surface area contributed by atoms with Crippen molar-refractivity contribution in [1.29, 1.82) is 0 Å². The van der Waals surface area contributed by atoms with Gasteiger partial charge in [0.25, 0.3) is 0 Å². The highest BCUT2D eigenvalue weighted by Crippen LogP contribution is 2.32. The quantitative estimate of drug-likeness (QED) is 0.923. The van der Waals surface area contributed by atoms with E-state index in [1.165, 1.54) is 0 Å². The van der Waals surface area contributed by atoms with Gasteiger partial charge in [-0.1, -0.05) is 23.7 Å². The summed E-state index contributed by atoms with van der Waals surface area (Å²) in [7, 11) is 1.62. The van der Waals surface area contributed by atoms with Gasteiger partial charge in [0.05, 0.1) is 17.7 Å². The predicted octanol–water partition coefficient (Wildman–Crippen LogP) is 3.86. The Morgan fingerprint density at radius 1 is 1.28 bits per heavy atom. The first kappa shape index (κ1) is 13.4. The molecule has 4 heteroatoms. The van der Waals surface area contributed by atoms with Crippen molar-refractivity contribution in [1.82, 2.24) is 0 Å². The Bertz CT molecular complexity index is 517. The van der Waals surface area contributed by atoms with Crippen LogP contribution < -0.4 is 4.74 Å². The Morgan fingerprint density at radius 2 is 1.94 bits per heavy atom. The highest BCUT2D eigenvalue weighted by molar-refractivity contribution is 7.10. The maximum absolute atomic E-state index is 10.6. The smallest absolute Gasteiger partial charge is 0.118 e. The minimum Gasteiger partial charge on any atom is -0.497 e. The monoisotopic (exact) mass is 282 g/mol. The molecule has 2 aromatic rings. The zero-order valence-corrected chi connectivity index (χ0v) is 11.9. The minimum absolute atomic E-state index is 0.510. The summed E-state index contributed by atoms with van der Waals surface area (Å²) in [6.45, 7) is 1.80. The third-order valence-corrected chi connectivity index (χ3v) is 4.29. The highest BCUT2D eigenvalue weighted by Gasteiger charge is 2.25. The van der Waals surface area contributed by atoms with Crippen LogP contribution >= 0.6 is 22.9 Å². The van der Waals surface area contributed by atoms with E-state index in [2.05, 4.69) is 0 Å². The van der Waals surface area contributed by atoms with Crippen molar-refractivity contribution in [2.24, 2.45) is 0 Å². The number of rotatable bonds is 4. The fourth-order valence-electron chi connectivity index (χ4n) is 1.82. The molecule has 2 nitrogen and oxygen atoms in total. The van der Waals surface area contributed by atoms with E-state index in [0.29, 0.717) is 11.4 Å². The molecule has 0 fully saturated rings. The third kappa shape index (κ3) is 2.86. The Hall–Kier alpha value is -1.03. The number of benzene rings is 1. The van der Waals surface area contributed by atoms with Gasteiger partial charge in [0, 0.05) is 11.3 Å². The van der Waals surface area contributed by atoms with E-state index in [1.807, 2.05) is 35.7 Å². The average molecular weight is 283 g/mol. The van der Waals surface area contributed by atoms with E-state index in [-0.39, 0.29) is 0 Å². The number of thiophene rings is 1. The Balaban J connectivity index is 2.21. The number of methoxy groups -OCH3 is 1. The first-order chi connectivity index (χ1) is 8.53. The van der Waals surface area contributed by atoms with E-state index >= 15 is 0 Å². The summed E-state index contributed by atoms with van der Waals surface area (Å²) in [5.74, 6) is 0.781. The molecule has 0 saturated heterocycles. The third-order valence-electron chi connectivity index (χ3n) is 2.91. The molecule has 96 valence electrons. The lowest BCUT2D eigenvalue weighted by atomic mass is 9.92. The molecule has 1 aromatic carbocycles. The van der Waals surface area contributed by atoms with Crippen molar-refractivity contribution in [3.8, 4) is 5.75 Å². The summed E-state index contributed by atoms with van der Waals surface area (Å²) in [5.41, 5.74) is -0.0754. The maximum Gasteiger partial charge on any atom is 0.118 e. The van der Waals surface area contributed by atoms with Gasteiger partial charge in [-0.3, -0.25) is 0 Å². The van der Waals surface area contributed by atoms with Crippen LogP contribution in [0.4, 0.5) is 0 Å². The van der Waals surface area contributed by atoms with Crippen molar-refractivity contribution in [2.75, 3.05) is 7.11 Å². The summed E-state index contributed by atoms with van der Waals surface area (Å²) < 4.78 is 5.11. The number of hydrogen-bond acceptors (Lipinski definition) is 3. The van der Waals surface area contributed by atoms with Gasteiger partial charge in [-0.25, -0.2) is 0 Å². The second-order valence-electron chi connectivity index (χ2n) is 4.37. The molecule has 0 bridgehead atoms. The molecule has 1 N–H and O–H groups in total. The number of aliphatic hydroxyl groups is 1. The summed E-state index contributed by atoms with van der Waals surface area (Å²) >= 11 is 7.62. The Labute approximate surface area is 116 Å². The Morgan fingerprint density at radius 3 is 2.44 bits per heavy atom. The molecule has 0 aliphatic rings. The second-order valence-corrected chi connectivity index (χ2v) is 5.78. The molecule has 1 atom stereocenters. The fourth-order valence-corrected chi connectivity index (χ4v) is 3.07. The molecule has 0 aliphatic heterocycles. The van der Waals surface area contributed by atoms with Crippen molar-refractivity contribution in [3.63, 3.8) is 0 Å². The lowest BCUT2D eigenvalue weighted by molar-refractivity contribution is 0.0584. The lowest BCUT2D eigenvalue weighted by Gasteiger charge is -2.23. The number of halogens is 1. The van der Waals surface area contributed by atoms with E-state index < -0.39 is 5.60 Å². The number of hydrogen-bond donors (Lipinski definition) is 1. The second kappa shape index (κ2) is 5.31. The Kier molecular flexibility index (Phi) is 3.95. The first-order valence-electron chi connectivity index (χ1n) is 5.62. The molecule has 18 heavy (non-hydrogen) atoms. The van der Waals surface area contributed by atoms with Gasteiger partial charge in [-0.05, 0) is 36.1 Å². The molecule has 0 radical (unpaired) electrons. The van der Waals surface area contributed by atoms with Gasteiger partial charge in [0.1, 0.15) is 5.75 Å². The fraction of sp³-hybridized carbons (Fsp3) is 0.286. The zero-order valence-electron chi connectivity index (χ0n) is 10.3. The van der Waals surface area contributed by atoms with E-state index in [9.17, 15) is 5.11 Å². The molecular formula is C14H15ClO2S. The van der Waals surface area contributed by atoms with Crippen LogP contribution in [0.2, 0.25) is 5.02 Å². The summed E-state index contributed by atoms with van der Waals surface area (Å²) in [4.78, 5) is 0.998. The molecule has 2 rings (SSSR count). The lowest BCUT2D eigenvalue weighted by Crippen LogP contribution is -2.23. The summed E-state index contributed by atoms with van der Waals surface area (Å²) in [6, 6.07) is 9.30. The highest BCUT2D eigenvalue weighted by atomic mass is 35.5. The normalized spacial score (nSPS) is 14.2. The zero-order chi connectivity index (χ0) is 13.2. The van der Waals surface area contributed by atoms with Crippen molar-refractivity contribution >= 4 is 22.9 Å². The van der Waals surface area contributed by atoms with Gasteiger partial charge in [0.15, 0.2) is 0 Å². The standard InChI is InChI=1S/C14H15ClO2S/c1-14(16,9-13-12(15)7-8-18-13)10-3-5-11(17-2)6-4-10/h3-8,16H,9H2,1-2H3. The van der Waals surface area contributed by atoms with Crippen LogP contribution in [0.25, 0.3) is 0 Å². The van der Waals surface area contributed by atoms with Crippen LogP contribution in [0.15, 0.2) is 35.7 Å². The van der Waals surface area contributed by atoms with Gasteiger partial charge in [-0.15, -0.1) is 11.3 Å². The molecule has 0 spiro atoms. The molecule has 0 aliphatic carbocycles. The van der Waals surface area contributed by atoms with Crippen molar-refractivity contribution in [3.05, 3.63) is 51.2 Å². The maximum atomic E-state index is 10.6. The van der Waals surface area contributed by atoms with Gasteiger partial charge in [-0.2, -0.15) is 0 Å². The van der Waals surface area contributed by atoms with Crippen molar-refractivity contribution < 1.29 is 9.84 Å². The topological polar surface area (TPSA) is 29.5 Å². The first-order valence-corrected chi connectivity index (χ1v) is 6.87. The summed E-state index contributed by atoms with van der Waals surface area (Å²) in [5, 5.41) is 13.2. The largest absolute Gasteiger partial charge is 0.497 e. The minimum atomic E-state index is -0.930. The SMILES string of the molecule is COc1ccc(C(C)(O)Cc2sccc2Cl)cc1. The van der Waals surface area contributed by atoms with Gasteiger partial charge >= 0.3 is 0 Å². The van der Waals surface area contributed by atoms with Crippen LogP contribution in [0.1, 0.15) is 17.4 Å². The molecule has 0 amide bonds. The summed E-state index contributed by atoms with van der Waals surface area (Å²) in [6.07, 6.45) is 0.510. The van der Waals surface area contributed by atoms with Crippen LogP contribution in [0.5, 0.6) is 5.75 Å². The van der Waals surface area contributed by atoms with E-state index in [0.717, 1.165) is 16.2 Å². The van der Waals surface area contributed by atoms with Crippen LogP contribution in [-0.4, -0.2) is 12.2 Å². The van der Waals surface area contributed by atoms with Crippen LogP contribution in [-0.2, 0) is 12.0 Å². The van der Waals surface area contributed by atoms with E-state index in [4.69, 9.17) is 16.3 Å². The predicted molar refractivity (Wildman–Crippen MR) is 75.6 cm³/mol. The molecule has 1 heterocycles. The van der Waals surface area contributed by atoms with Crippen LogP contribution in [0.3, 0.4) is 0 Å². The average Bonchev–Trinajstić information content (AvgIpc) is 2.74. The van der Waals surface area contributed by atoms with Gasteiger partial charge in [0.2, 0.25) is 0 Å². The van der Waals surface area contributed by atoms with E-state index in [1.54, 1.807) is 25.4 Å². The van der Waals surface area contributed by atoms with Crippen LogP contribution in [0, 0.1) is 0 Å².